The molecular weight excluding hydrogens is 208 g/mol. The Bertz CT molecular complexity index is 377. The van der Waals surface area contributed by atoms with E-state index in [1.807, 2.05) is 6.92 Å². The third-order valence-corrected chi connectivity index (χ3v) is 2.62. The topological polar surface area (TPSA) is 93.0 Å². The molecule has 1 aliphatic rings. The number of amides is 1. The van der Waals surface area contributed by atoms with Gasteiger partial charge in [0.1, 0.15) is 6.10 Å². The molecule has 1 amide bonds. The van der Waals surface area contributed by atoms with Crippen LogP contribution in [0.5, 0.6) is 0 Å². The molecule has 0 bridgehead atoms. The Morgan fingerprint density at radius 3 is 3.12 bits per heavy atom. The van der Waals surface area contributed by atoms with Gasteiger partial charge in [-0.2, -0.15) is 5.10 Å². The molecule has 2 atom stereocenters. The highest BCUT2D eigenvalue weighted by Gasteiger charge is 2.30. The molecule has 1 aromatic heterocycles. The zero-order valence-corrected chi connectivity index (χ0v) is 9.19. The fourth-order valence-electron chi connectivity index (χ4n) is 1.76. The summed E-state index contributed by atoms with van der Waals surface area (Å²) in [5.74, 6) is 0.379. The largest absolute Gasteiger partial charge is 0.364 e. The Morgan fingerprint density at radius 2 is 2.56 bits per heavy atom. The number of aryl methyl sites for hydroxylation is 1. The highest BCUT2D eigenvalue weighted by molar-refractivity contribution is 5.93. The maximum absolute atomic E-state index is 11.8. The summed E-state index contributed by atoms with van der Waals surface area (Å²) < 4.78 is 5.48. The number of rotatable bonds is 3. The summed E-state index contributed by atoms with van der Waals surface area (Å²) in [6, 6.07) is 1.77. The molecule has 4 N–H and O–H groups in total. The van der Waals surface area contributed by atoms with Gasteiger partial charge in [0.25, 0.3) is 5.91 Å². The zero-order chi connectivity index (χ0) is 11.5. The summed E-state index contributed by atoms with van der Waals surface area (Å²) in [6.07, 6.45) is 1.17. The number of nitrogens with two attached hydrogens (primary N) is 1. The van der Waals surface area contributed by atoms with Crippen LogP contribution in [0.25, 0.3) is 0 Å². The first-order valence-corrected chi connectivity index (χ1v) is 5.37. The van der Waals surface area contributed by atoms with E-state index < -0.39 is 6.10 Å². The number of ether oxygens (including phenoxy) is 1. The number of nitrogens with one attached hydrogen (secondary N) is 2. The first-order valence-electron chi connectivity index (χ1n) is 5.37. The van der Waals surface area contributed by atoms with Crippen molar-refractivity contribution < 1.29 is 9.53 Å². The third kappa shape index (κ3) is 2.40. The van der Waals surface area contributed by atoms with Gasteiger partial charge < -0.3 is 15.8 Å². The molecule has 0 aliphatic carbocycles. The van der Waals surface area contributed by atoms with E-state index in [4.69, 9.17) is 10.5 Å². The average molecular weight is 224 g/mol. The number of aromatic nitrogens is 2. The van der Waals surface area contributed by atoms with Crippen molar-refractivity contribution in [1.82, 2.24) is 10.2 Å². The number of nitrogens with zero attached hydrogens (tertiary/aromatic N) is 1. The van der Waals surface area contributed by atoms with Crippen LogP contribution in [0.4, 0.5) is 5.82 Å². The second kappa shape index (κ2) is 4.63. The number of anilines is 1. The van der Waals surface area contributed by atoms with Gasteiger partial charge in [-0.1, -0.05) is 0 Å². The van der Waals surface area contributed by atoms with Crippen LogP contribution in [0.2, 0.25) is 0 Å². The van der Waals surface area contributed by atoms with Crippen LogP contribution in [-0.2, 0) is 9.53 Å². The van der Waals surface area contributed by atoms with Crippen LogP contribution in [-0.4, -0.2) is 34.9 Å². The van der Waals surface area contributed by atoms with Crippen LogP contribution in [0.3, 0.4) is 0 Å². The Hall–Kier alpha value is -1.40. The van der Waals surface area contributed by atoms with Crippen LogP contribution in [0.1, 0.15) is 18.5 Å². The molecule has 0 saturated carbocycles. The van der Waals surface area contributed by atoms with Crippen molar-refractivity contribution >= 4 is 11.7 Å². The van der Waals surface area contributed by atoms with E-state index in [2.05, 4.69) is 15.5 Å². The highest BCUT2D eigenvalue weighted by atomic mass is 16.5. The second-order valence-corrected chi connectivity index (χ2v) is 3.99. The average Bonchev–Trinajstić information content (AvgIpc) is 2.87. The van der Waals surface area contributed by atoms with Crippen molar-refractivity contribution in [2.24, 2.45) is 5.73 Å². The molecule has 16 heavy (non-hydrogen) atoms. The van der Waals surface area contributed by atoms with Crippen LogP contribution in [0.15, 0.2) is 6.07 Å². The Kier molecular flexibility index (Phi) is 3.21. The van der Waals surface area contributed by atoms with Gasteiger partial charge >= 0.3 is 0 Å². The first kappa shape index (κ1) is 11.1. The molecule has 6 nitrogen and oxygen atoms in total. The maximum Gasteiger partial charge on any atom is 0.254 e. The van der Waals surface area contributed by atoms with E-state index in [1.54, 1.807) is 6.07 Å². The summed E-state index contributed by atoms with van der Waals surface area (Å²) in [4.78, 5) is 11.8. The lowest BCUT2D eigenvalue weighted by Crippen LogP contribution is -2.29. The zero-order valence-electron chi connectivity index (χ0n) is 9.19. The second-order valence-electron chi connectivity index (χ2n) is 3.99. The minimum Gasteiger partial charge on any atom is -0.364 e. The minimum absolute atomic E-state index is 0.0108. The number of hydrogen-bond acceptors (Lipinski definition) is 4. The number of carbonyl (C=O) groups excluding carboxylic acids is 1. The van der Waals surface area contributed by atoms with E-state index in [9.17, 15) is 4.79 Å². The van der Waals surface area contributed by atoms with E-state index in [0.717, 1.165) is 18.5 Å². The van der Waals surface area contributed by atoms with E-state index in [0.29, 0.717) is 12.4 Å². The normalized spacial score (nSPS) is 24.6. The van der Waals surface area contributed by atoms with E-state index in [-0.39, 0.29) is 12.0 Å². The van der Waals surface area contributed by atoms with Gasteiger partial charge in [0, 0.05) is 18.3 Å². The van der Waals surface area contributed by atoms with Gasteiger partial charge in [0.15, 0.2) is 5.82 Å². The molecule has 6 heteroatoms. The van der Waals surface area contributed by atoms with Crippen molar-refractivity contribution in [2.45, 2.75) is 32.0 Å². The van der Waals surface area contributed by atoms with Gasteiger partial charge in [-0.05, 0) is 19.8 Å². The van der Waals surface area contributed by atoms with Gasteiger partial charge in [0.05, 0.1) is 6.10 Å². The van der Waals surface area contributed by atoms with Crippen LogP contribution in [0, 0.1) is 6.92 Å². The maximum atomic E-state index is 11.8. The smallest absolute Gasteiger partial charge is 0.254 e. The summed E-state index contributed by atoms with van der Waals surface area (Å²) in [7, 11) is 0. The van der Waals surface area contributed by atoms with Crippen molar-refractivity contribution in [3.05, 3.63) is 11.8 Å². The molecule has 1 fully saturated rings. The lowest BCUT2D eigenvalue weighted by Gasteiger charge is -2.11. The number of hydrogen-bond donors (Lipinski definition) is 3. The van der Waals surface area contributed by atoms with Gasteiger partial charge in [-0.3, -0.25) is 9.89 Å². The predicted octanol–water partition coefficient (Wildman–Crippen LogP) is 0.163. The van der Waals surface area contributed by atoms with Crippen molar-refractivity contribution in [1.29, 1.82) is 0 Å². The molecular formula is C10H16N4O2. The third-order valence-electron chi connectivity index (χ3n) is 2.62. The van der Waals surface area contributed by atoms with Gasteiger partial charge in [-0.25, -0.2) is 0 Å². The summed E-state index contributed by atoms with van der Waals surface area (Å²) in [6.45, 7) is 2.34. The number of H-pyrrole nitrogens is 1. The highest BCUT2D eigenvalue weighted by Crippen LogP contribution is 2.20. The van der Waals surface area contributed by atoms with Crippen molar-refractivity contribution in [3.8, 4) is 0 Å². The molecule has 2 rings (SSSR count). The fourth-order valence-corrected chi connectivity index (χ4v) is 1.76. The van der Waals surface area contributed by atoms with Crippen molar-refractivity contribution in [3.63, 3.8) is 0 Å². The van der Waals surface area contributed by atoms with E-state index in [1.165, 1.54) is 0 Å². The monoisotopic (exact) mass is 224 g/mol. The molecule has 2 unspecified atom stereocenters. The van der Waals surface area contributed by atoms with E-state index >= 15 is 0 Å². The fraction of sp³-hybridized carbons (Fsp3) is 0.600. The molecule has 1 aliphatic heterocycles. The molecule has 88 valence electrons. The Balaban J connectivity index is 1.89. The molecule has 0 radical (unpaired) electrons. The van der Waals surface area contributed by atoms with Crippen LogP contribution < -0.4 is 11.1 Å². The lowest BCUT2D eigenvalue weighted by atomic mass is 10.2. The predicted molar refractivity (Wildman–Crippen MR) is 58.9 cm³/mol. The minimum atomic E-state index is -0.398. The Morgan fingerprint density at radius 1 is 1.75 bits per heavy atom. The molecule has 0 aromatic carbocycles. The standard InChI is InChI=1S/C10H16N4O2/c1-6-4-9(14-13-6)12-10(15)8-3-2-7(5-11)16-8/h4,7-8H,2-3,5,11H2,1H3,(H2,12,13,14,15). The lowest BCUT2D eigenvalue weighted by molar-refractivity contribution is -0.126. The van der Waals surface area contributed by atoms with Crippen LogP contribution >= 0.6 is 0 Å². The van der Waals surface area contributed by atoms with Gasteiger partial charge in [-0.15, -0.1) is 0 Å². The SMILES string of the molecule is Cc1cc(NC(=O)C2CCC(CN)O2)n[nH]1. The molecule has 2 heterocycles. The molecule has 1 aromatic rings. The summed E-state index contributed by atoms with van der Waals surface area (Å²) in [5.41, 5.74) is 6.38. The van der Waals surface area contributed by atoms with Gasteiger partial charge in [0.2, 0.25) is 0 Å². The summed E-state index contributed by atoms with van der Waals surface area (Å²) >= 11 is 0. The molecule has 0 spiro atoms. The quantitative estimate of drug-likeness (QED) is 0.682. The summed E-state index contributed by atoms with van der Waals surface area (Å²) in [5, 5.41) is 9.39. The van der Waals surface area contributed by atoms with Crippen molar-refractivity contribution in [2.75, 3.05) is 11.9 Å². The number of carbonyl (C=O) groups is 1. The Labute approximate surface area is 93.5 Å². The first-order chi connectivity index (χ1) is 7.69. The molecule has 1 saturated heterocycles. The number of aromatic amines is 1.